The number of carbonyl (C=O) groups is 1. The fourth-order valence-corrected chi connectivity index (χ4v) is 2.75. The van der Waals surface area contributed by atoms with E-state index in [1.54, 1.807) is 37.4 Å². The van der Waals surface area contributed by atoms with Gasteiger partial charge in [-0.15, -0.1) is 10.2 Å². The summed E-state index contributed by atoms with van der Waals surface area (Å²) in [4.78, 5) is 12.4. The van der Waals surface area contributed by atoms with E-state index < -0.39 is 0 Å². The van der Waals surface area contributed by atoms with Crippen LogP contribution in [0.25, 0.3) is 0 Å². The van der Waals surface area contributed by atoms with Gasteiger partial charge in [-0.3, -0.25) is 4.79 Å². The minimum atomic E-state index is -0.369. The van der Waals surface area contributed by atoms with Gasteiger partial charge in [-0.2, -0.15) is 0 Å². The fraction of sp³-hybridized carbons (Fsp3) is 0.150. The third-order valence-electron chi connectivity index (χ3n) is 4.15. The molecule has 3 aromatic rings. The summed E-state index contributed by atoms with van der Waals surface area (Å²) < 4.78 is 15.9. The first-order chi connectivity index (χ1) is 13.6. The Hall–Kier alpha value is -3.81. The number of fused-ring (bicyclic) bond motifs is 1. The van der Waals surface area contributed by atoms with Crippen molar-refractivity contribution in [1.82, 2.24) is 10.2 Å². The van der Waals surface area contributed by atoms with E-state index in [4.69, 9.17) is 14.2 Å². The molecule has 28 heavy (non-hydrogen) atoms. The number of carbonyl (C=O) groups excluding carboxylic acids is 1. The second-order valence-corrected chi connectivity index (χ2v) is 6.15. The molecule has 8 nitrogen and oxygen atoms in total. The lowest BCUT2D eigenvalue weighted by Crippen LogP contribution is -2.14. The van der Waals surface area contributed by atoms with Gasteiger partial charge in [0.05, 0.1) is 12.8 Å². The van der Waals surface area contributed by atoms with E-state index in [2.05, 4.69) is 20.8 Å². The van der Waals surface area contributed by atoms with Gasteiger partial charge in [0.2, 0.25) is 6.79 Å². The average molecular weight is 378 g/mol. The number of anilines is 3. The molecule has 0 spiro atoms. The Kier molecular flexibility index (Phi) is 4.67. The van der Waals surface area contributed by atoms with Gasteiger partial charge < -0.3 is 24.8 Å². The van der Waals surface area contributed by atoms with E-state index in [1.807, 2.05) is 25.1 Å². The van der Waals surface area contributed by atoms with Crippen LogP contribution in [0, 0.1) is 6.92 Å². The van der Waals surface area contributed by atoms with Gasteiger partial charge in [-0.25, -0.2) is 0 Å². The first kappa shape index (κ1) is 17.6. The van der Waals surface area contributed by atoms with Crippen LogP contribution < -0.4 is 24.8 Å². The Balaban J connectivity index is 1.46. The Bertz CT molecular complexity index is 1020. The highest BCUT2D eigenvalue weighted by Crippen LogP contribution is 2.34. The highest BCUT2D eigenvalue weighted by molar-refractivity contribution is 6.03. The molecule has 0 aliphatic carbocycles. The van der Waals surface area contributed by atoms with Gasteiger partial charge in [0.1, 0.15) is 5.75 Å². The van der Waals surface area contributed by atoms with Gasteiger partial charge in [-0.1, -0.05) is 6.07 Å². The van der Waals surface area contributed by atoms with Crippen molar-refractivity contribution in [3.05, 3.63) is 59.8 Å². The van der Waals surface area contributed by atoms with Crippen molar-refractivity contribution >= 4 is 23.1 Å². The number of benzene rings is 2. The zero-order valence-electron chi connectivity index (χ0n) is 15.4. The van der Waals surface area contributed by atoms with Gasteiger partial charge >= 0.3 is 0 Å². The zero-order valence-corrected chi connectivity index (χ0v) is 15.4. The molecular formula is C20H18N4O4. The fourth-order valence-electron chi connectivity index (χ4n) is 2.75. The Morgan fingerprint density at radius 1 is 1.04 bits per heavy atom. The second-order valence-electron chi connectivity index (χ2n) is 6.15. The molecule has 1 amide bonds. The number of hydrogen-bond donors (Lipinski definition) is 2. The van der Waals surface area contributed by atoms with Crippen LogP contribution in [0.5, 0.6) is 17.2 Å². The van der Waals surface area contributed by atoms with Crippen molar-refractivity contribution in [2.24, 2.45) is 0 Å². The maximum atomic E-state index is 12.4. The molecule has 2 aromatic carbocycles. The van der Waals surface area contributed by atoms with E-state index in [9.17, 15) is 4.79 Å². The van der Waals surface area contributed by atoms with Crippen LogP contribution in [0.1, 0.15) is 16.1 Å². The van der Waals surface area contributed by atoms with E-state index in [1.165, 1.54) is 0 Å². The number of rotatable bonds is 5. The monoisotopic (exact) mass is 378 g/mol. The zero-order chi connectivity index (χ0) is 19.5. The molecule has 0 radical (unpaired) electrons. The number of amides is 1. The van der Waals surface area contributed by atoms with E-state index in [-0.39, 0.29) is 18.4 Å². The molecule has 0 saturated carbocycles. The first-order valence-electron chi connectivity index (χ1n) is 8.59. The molecule has 2 heterocycles. The Labute approximate surface area is 161 Å². The highest BCUT2D eigenvalue weighted by atomic mass is 16.7. The van der Waals surface area contributed by atoms with Crippen molar-refractivity contribution < 1.29 is 19.0 Å². The number of aryl methyl sites for hydroxylation is 1. The summed E-state index contributed by atoms with van der Waals surface area (Å²) in [7, 11) is 1.60. The molecule has 0 atom stereocenters. The van der Waals surface area contributed by atoms with E-state index in [0.717, 1.165) is 11.3 Å². The lowest BCUT2D eigenvalue weighted by atomic mass is 10.2. The molecule has 1 aliphatic rings. The summed E-state index contributed by atoms with van der Waals surface area (Å²) >= 11 is 0. The second kappa shape index (κ2) is 7.43. The van der Waals surface area contributed by atoms with Crippen LogP contribution in [0.15, 0.2) is 48.5 Å². The Morgan fingerprint density at radius 3 is 2.68 bits per heavy atom. The van der Waals surface area contributed by atoms with Crippen molar-refractivity contribution in [3.8, 4) is 17.2 Å². The van der Waals surface area contributed by atoms with Crippen molar-refractivity contribution in [3.63, 3.8) is 0 Å². The third kappa shape index (κ3) is 3.66. The molecule has 0 fully saturated rings. The van der Waals surface area contributed by atoms with Gasteiger partial charge in [0.15, 0.2) is 23.0 Å². The summed E-state index contributed by atoms with van der Waals surface area (Å²) in [5.74, 6) is 2.07. The molecular weight excluding hydrogens is 360 g/mol. The van der Waals surface area contributed by atoms with Crippen LogP contribution in [0.2, 0.25) is 0 Å². The molecule has 2 N–H and O–H groups in total. The maximum absolute atomic E-state index is 12.4. The van der Waals surface area contributed by atoms with Crippen molar-refractivity contribution in [2.45, 2.75) is 6.92 Å². The van der Waals surface area contributed by atoms with E-state index >= 15 is 0 Å². The van der Waals surface area contributed by atoms with E-state index in [0.29, 0.717) is 28.8 Å². The molecule has 4 rings (SSSR count). The maximum Gasteiger partial charge on any atom is 0.276 e. The standard InChI is InChI=1S/C20H18N4O4/c1-12-3-6-16(26-2)15(9-12)22-19-8-5-14(23-24-19)20(25)21-13-4-7-17-18(10-13)28-11-27-17/h3-10H,11H2,1-2H3,(H,21,25)(H,22,24). The van der Waals surface area contributed by atoms with Crippen LogP contribution in [0.3, 0.4) is 0 Å². The topological polar surface area (TPSA) is 94.6 Å². The quantitative estimate of drug-likeness (QED) is 0.701. The molecule has 0 bridgehead atoms. The van der Waals surface area contributed by atoms with Crippen LogP contribution in [-0.2, 0) is 0 Å². The van der Waals surface area contributed by atoms with Gasteiger partial charge in [-0.05, 0) is 48.9 Å². The van der Waals surface area contributed by atoms with Crippen molar-refractivity contribution in [1.29, 1.82) is 0 Å². The number of hydrogen-bond acceptors (Lipinski definition) is 7. The highest BCUT2D eigenvalue weighted by Gasteiger charge is 2.15. The molecule has 1 aliphatic heterocycles. The molecule has 0 unspecified atom stereocenters. The number of nitrogens with zero attached hydrogens (tertiary/aromatic N) is 2. The number of nitrogens with one attached hydrogen (secondary N) is 2. The Morgan fingerprint density at radius 2 is 1.89 bits per heavy atom. The number of ether oxygens (including phenoxy) is 3. The minimum absolute atomic E-state index is 0.179. The molecule has 8 heteroatoms. The van der Waals surface area contributed by atoms with Gasteiger partial charge in [0, 0.05) is 11.8 Å². The summed E-state index contributed by atoms with van der Waals surface area (Å²) in [6.45, 7) is 2.16. The SMILES string of the molecule is COc1ccc(C)cc1Nc1ccc(C(=O)Nc2ccc3c(c2)OCO3)nn1. The summed E-state index contributed by atoms with van der Waals surface area (Å²) in [5, 5.41) is 14.0. The molecule has 0 saturated heterocycles. The molecule has 142 valence electrons. The predicted octanol–water partition coefficient (Wildman–Crippen LogP) is 3.52. The average Bonchev–Trinajstić information content (AvgIpc) is 3.16. The number of methoxy groups -OCH3 is 1. The predicted molar refractivity (Wildman–Crippen MR) is 104 cm³/mol. The lowest BCUT2D eigenvalue weighted by Gasteiger charge is -2.11. The normalized spacial score (nSPS) is 11.8. The number of aromatic nitrogens is 2. The van der Waals surface area contributed by atoms with Crippen LogP contribution in [0.4, 0.5) is 17.2 Å². The molecule has 1 aromatic heterocycles. The van der Waals surface area contributed by atoms with Crippen LogP contribution >= 0.6 is 0 Å². The minimum Gasteiger partial charge on any atom is -0.495 e. The lowest BCUT2D eigenvalue weighted by molar-refractivity contribution is 0.102. The summed E-state index contributed by atoms with van der Waals surface area (Å²) in [5.41, 5.74) is 2.63. The largest absolute Gasteiger partial charge is 0.495 e. The first-order valence-corrected chi connectivity index (χ1v) is 8.59. The van der Waals surface area contributed by atoms with Gasteiger partial charge in [0.25, 0.3) is 5.91 Å². The third-order valence-corrected chi connectivity index (χ3v) is 4.15. The summed E-state index contributed by atoms with van der Waals surface area (Å²) in [6.07, 6.45) is 0. The summed E-state index contributed by atoms with van der Waals surface area (Å²) in [6, 6.07) is 14.2. The van der Waals surface area contributed by atoms with Crippen molar-refractivity contribution in [2.75, 3.05) is 24.5 Å². The smallest absolute Gasteiger partial charge is 0.276 e. The van der Waals surface area contributed by atoms with Crippen LogP contribution in [-0.4, -0.2) is 30.0 Å².